The smallest absolute Gasteiger partial charge is 0.145 e. The van der Waals surface area contributed by atoms with Crippen LogP contribution in [0.1, 0.15) is 30.3 Å². The Bertz CT molecular complexity index is 279. The first-order valence-corrected chi connectivity index (χ1v) is 4.84. The normalized spacial score (nSPS) is 12.4. The molecule has 0 spiro atoms. The Morgan fingerprint density at radius 3 is 2.64 bits per heavy atom. The lowest BCUT2D eigenvalue weighted by molar-refractivity contribution is 0.524. The number of allylic oxidation sites excluding steroid dienone is 1. The van der Waals surface area contributed by atoms with Crippen molar-refractivity contribution < 1.29 is 0 Å². The van der Waals surface area contributed by atoms with Crippen molar-refractivity contribution >= 4 is 0 Å². The largest absolute Gasteiger partial charge is 0.310 e. The molecule has 1 atom stereocenters. The summed E-state index contributed by atoms with van der Waals surface area (Å²) in [5, 5.41) is 3.20. The molecule has 14 heavy (non-hydrogen) atoms. The van der Waals surface area contributed by atoms with Crippen LogP contribution >= 0.6 is 0 Å². The molecule has 0 fully saturated rings. The van der Waals surface area contributed by atoms with Crippen LogP contribution in [-0.4, -0.2) is 17.0 Å². The van der Waals surface area contributed by atoms with Gasteiger partial charge in [-0.05, 0) is 32.4 Å². The molecule has 0 saturated heterocycles. The summed E-state index contributed by atoms with van der Waals surface area (Å²) < 4.78 is 0. The third-order valence-electron chi connectivity index (χ3n) is 2.12. The van der Waals surface area contributed by atoms with E-state index < -0.39 is 0 Å². The van der Waals surface area contributed by atoms with E-state index in [0.717, 1.165) is 24.2 Å². The van der Waals surface area contributed by atoms with E-state index in [1.54, 1.807) is 0 Å². The van der Waals surface area contributed by atoms with Crippen LogP contribution in [0.2, 0.25) is 0 Å². The summed E-state index contributed by atoms with van der Waals surface area (Å²) in [6.45, 7) is 5.69. The number of hydrogen-bond acceptors (Lipinski definition) is 3. The average Bonchev–Trinajstić information content (AvgIpc) is 2.21. The highest BCUT2D eigenvalue weighted by Crippen LogP contribution is 2.13. The van der Waals surface area contributed by atoms with Crippen molar-refractivity contribution in [3.63, 3.8) is 0 Å². The van der Waals surface area contributed by atoms with Gasteiger partial charge >= 0.3 is 0 Å². The second-order valence-electron chi connectivity index (χ2n) is 3.33. The van der Waals surface area contributed by atoms with Crippen LogP contribution in [-0.2, 0) is 0 Å². The summed E-state index contributed by atoms with van der Waals surface area (Å²) in [5.74, 6) is 0.861. The van der Waals surface area contributed by atoms with E-state index in [-0.39, 0.29) is 6.04 Å². The molecule has 0 bridgehead atoms. The molecule has 1 aromatic rings. The molecule has 76 valence electrons. The molecule has 1 heterocycles. The quantitative estimate of drug-likeness (QED) is 0.723. The van der Waals surface area contributed by atoms with Gasteiger partial charge in [0.1, 0.15) is 5.82 Å². The highest BCUT2D eigenvalue weighted by Gasteiger charge is 2.10. The van der Waals surface area contributed by atoms with E-state index in [1.807, 2.05) is 32.4 Å². The van der Waals surface area contributed by atoms with E-state index in [2.05, 4.69) is 21.9 Å². The Morgan fingerprint density at radius 2 is 2.14 bits per heavy atom. The van der Waals surface area contributed by atoms with E-state index in [9.17, 15) is 0 Å². The molecule has 1 unspecified atom stereocenters. The van der Waals surface area contributed by atoms with Gasteiger partial charge in [-0.2, -0.15) is 0 Å². The molecule has 1 N–H and O–H groups in total. The van der Waals surface area contributed by atoms with Crippen LogP contribution in [0.4, 0.5) is 0 Å². The number of aromatic nitrogens is 2. The van der Waals surface area contributed by atoms with Crippen molar-refractivity contribution in [2.24, 2.45) is 0 Å². The van der Waals surface area contributed by atoms with Crippen molar-refractivity contribution in [1.29, 1.82) is 0 Å². The monoisotopic (exact) mass is 191 g/mol. The molecular formula is C11H17N3. The van der Waals surface area contributed by atoms with Crippen molar-refractivity contribution in [2.45, 2.75) is 25.8 Å². The lowest BCUT2D eigenvalue weighted by atomic mass is 10.1. The minimum Gasteiger partial charge on any atom is -0.310 e. The standard InChI is InChI=1S/C11H17N3/c1-4-5-6-10(12-3)11-13-7-9(2)8-14-11/h4,7-8,10,12H,1,5-6H2,2-3H3. The van der Waals surface area contributed by atoms with E-state index >= 15 is 0 Å². The minimum absolute atomic E-state index is 0.230. The van der Waals surface area contributed by atoms with E-state index in [0.29, 0.717) is 0 Å². The van der Waals surface area contributed by atoms with Crippen molar-refractivity contribution in [2.75, 3.05) is 7.05 Å². The lowest BCUT2D eigenvalue weighted by Gasteiger charge is -2.13. The molecular weight excluding hydrogens is 174 g/mol. The maximum absolute atomic E-state index is 4.29. The van der Waals surface area contributed by atoms with Gasteiger partial charge < -0.3 is 5.32 Å². The van der Waals surface area contributed by atoms with Crippen LogP contribution in [0.3, 0.4) is 0 Å². The number of rotatable bonds is 5. The van der Waals surface area contributed by atoms with Crippen molar-refractivity contribution in [1.82, 2.24) is 15.3 Å². The van der Waals surface area contributed by atoms with Crippen LogP contribution in [0.5, 0.6) is 0 Å². The summed E-state index contributed by atoms with van der Waals surface area (Å²) in [7, 11) is 1.93. The first-order valence-electron chi connectivity index (χ1n) is 4.84. The number of hydrogen-bond donors (Lipinski definition) is 1. The first-order chi connectivity index (χ1) is 6.77. The Kier molecular flexibility index (Phi) is 4.26. The highest BCUT2D eigenvalue weighted by molar-refractivity contribution is 5.04. The van der Waals surface area contributed by atoms with Gasteiger partial charge in [-0.15, -0.1) is 6.58 Å². The molecule has 0 radical (unpaired) electrons. The van der Waals surface area contributed by atoms with Crippen LogP contribution < -0.4 is 5.32 Å². The molecule has 1 aromatic heterocycles. The van der Waals surface area contributed by atoms with Gasteiger partial charge in [0.05, 0.1) is 6.04 Å². The highest BCUT2D eigenvalue weighted by atomic mass is 15.0. The summed E-state index contributed by atoms with van der Waals surface area (Å²) in [5.41, 5.74) is 1.09. The van der Waals surface area contributed by atoms with Gasteiger partial charge in [0, 0.05) is 12.4 Å². The fourth-order valence-corrected chi connectivity index (χ4v) is 1.27. The topological polar surface area (TPSA) is 37.8 Å². The molecule has 0 saturated carbocycles. The van der Waals surface area contributed by atoms with Gasteiger partial charge in [0.2, 0.25) is 0 Å². The van der Waals surface area contributed by atoms with Crippen molar-refractivity contribution in [3.05, 3.63) is 36.4 Å². The molecule has 0 aliphatic rings. The van der Waals surface area contributed by atoms with Gasteiger partial charge in [-0.3, -0.25) is 0 Å². The summed E-state index contributed by atoms with van der Waals surface area (Å²) in [4.78, 5) is 8.59. The van der Waals surface area contributed by atoms with Gasteiger partial charge in [-0.25, -0.2) is 9.97 Å². The zero-order chi connectivity index (χ0) is 10.4. The van der Waals surface area contributed by atoms with Crippen LogP contribution in [0, 0.1) is 6.92 Å². The van der Waals surface area contributed by atoms with Gasteiger partial charge in [0.25, 0.3) is 0 Å². The molecule has 3 heteroatoms. The molecule has 3 nitrogen and oxygen atoms in total. The summed E-state index contributed by atoms with van der Waals surface area (Å²) >= 11 is 0. The predicted octanol–water partition coefficient (Wildman–Crippen LogP) is 2.01. The lowest BCUT2D eigenvalue weighted by Crippen LogP contribution is -2.18. The Labute approximate surface area is 85.3 Å². The molecule has 0 aliphatic heterocycles. The van der Waals surface area contributed by atoms with E-state index in [4.69, 9.17) is 0 Å². The number of aryl methyl sites for hydroxylation is 1. The summed E-state index contributed by atoms with van der Waals surface area (Å²) in [6.07, 6.45) is 7.57. The molecule has 0 aromatic carbocycles. The molecule has 0 amide bonds. The van der Waals surface area contributed by atoms with Gasteiger partial charge in [0.15, 0.2) is 0 Å². The fourth-order valence-electron chi connectivity index (χ4n) is 1.27. The maximum Gasteiger partial charge on any atom is 0.145 e. The Morgan fingerprint density at radius 1 is 1.50 bits per heavy atom. The molecule has 0 aliphatic carbocycles. The first kappa shape index (κ1) is 10.9. The molecule has 1 rings (SSSR count). The second-order valence-corrected chi connectivity index (χ2v) is 3.33. The number of nitrogens with one attached hydrogen (secondary N) is 1. The number of nitrogens with zero attached hydrogens (tertiary/aromatic N) is 2. The average molecular weight is 191 g/mol. The van der Waals surface area contributed by atoms with E-state index in [1.165, 1.54) is 0 Å². The maximum atomic E-state index is 4.29. The zero-order valence-electron chi connectivity index (χ0n) is 8.83. The third kappa shape index (κ3) is 2.92. The minimum atomic E-state index is 0.230. The Hall–Kier alpha value is -1.22. The van der Waals surface area contributed by atoms with Crippen LogP contribution in [0.15, 0.2) is 25.0 Å². The fraction of sp³-hybridized carbons (Fsp3) is 0.455. The third-order valence-corrected chi connectivity index (χ3v) is 2.12. The van der Waals surface area contributed by atoms with Gasteiger partial charge in [-0.1, -0.05) is 6.08 Å². The zero-order valence-corrected chi connectivity index (χ0v) is 8.83. The predicted molar refractivity (Wildman–Crippen MR) is 58.0 cm³/mol. The van der Waals surface area contributed by atoms with Crippen LogP contribution in [0.25, 0.3) is 0 Å². The second kappa shape index (κ2) is 5.50. The van der Waals surface area contributed by atoms with Crippen molar-refractivity contribution in [3.8, 4) is 0 Å². The Balaban J connectivity index is 2.68. The SMILES string of the molecule is C=CCCC(NC)c1ncc(C)cn1. The summed E-state index contributed by atoms with van der Waals surface area (Å²) in [6, 6.07) is 0.230.